The van der Waals surface area contributed by atoms with Crippen molar-refractivity contribution in [2.45, 2.75) is 39.7 Å². The summed E-state index contributed by atoms with van der Waals surface area (Å²) in [5, 5.41) is 5.32. The van der Waals surface area contributed by atoms with Gasteiger partial charge in [-0.2, -0.15) is 0 Å². The Bertz CT molecular complexity index is 661. The van der Waals surface area contributed by atoms with Crippen LogP contribution in [-0.4, -0.2) is 42.4 Å². The Balaban J connectivity index is 1.80. The molecule has 1 aromatic rings. The van der Waals surface area contributed by atoms with Crippen LogP contribution in [0.3, 0.4) is 0 Å². The molecule has 0 radical (unpaired) electrons. The summed E-state index contributed by atoms with van der Waals surface area (Å²) >= 11 is 0. The van der Waals surface area contributed by atoms with E-state index in [0.29, 0.717) is 11.3 Å². The maximum absolute atomic E-state index is 13.1. The van der Waals surface area contributed by atoms with Crippen LogP contribution in [0.4, 0.5) is 10.1 Å². The first-order valence-corrected chi connectivity index (χ1v) is 8.59. The number of benzene rings is 1. The van der Waals surface area contributed by atoms with E-state index in [1.807, 2.05) is 0 Å². The Kier molecular flexibility index (Phi) is 6.70. The van der Waals surface area contributed by atoms with Gasteiger partial charge in [0, 0.05) is 31.4 Å². The normalized spacial score (nSPS) is 15.5. The lowest BCUT2D eigenvalue weighted by molar-refractivity contribution is -0.136. The number of rotatable bonds is 4. The van der Waals surface area contributed by atoms with Gasteiger partial charge in [-0.3, -0.25) is 14.5 Å². The highest BCUT2D eigenvalue weighted by molar-refractivity contribution is 6.39. The number of likely N-dealkylation sites (tertiary alicyclic amines) is 1. The Morgan fingerprint density at radius 3 is 2.52 bits per heavy atom. The number of anilines is 1. The van der Waals surface area contributed by atoms with Crippen molar-refractivity contribution in [3.05, 3.63) is 41.2 Å². The molecule has 0 aliphatic carbocycles. The summed E-state index contributed by atoms with van der Waals surface area (Å²) in [4.78, 5) is 26.4. The average Bonchev–Trinajstić information content (AvgIpc) is 2.56. The van der Waals surface area contributed by atoms with Gasteiger partial charge in [0.2, 0.25) is 0 Å². The van der Waals surface area contributed by atoms with Crippen molar-refractivity contribution >= 4 is 17.5 Å². The van der Waals surface area contributed by atoms with Crippen molar-refractivity contribution in [1.82, 2.24) is 10.2 Å². The first kappa shape index (κ1) is 19.1. The van der Waals surface area contributed by atoms with Crippen LogP contribution in [0.2, 0.25) is 0 Å². The second-order valence-corrected chi connectivity index (χ2v) is 6.74. The number of hydrogen-bond donors (Lipinski definition) is 2. The molecule has 0 bridgehead atoms. The quantitative estimate of drug-likeness (QED) is 0.650. The molecule has 5 nitrogen and oxygen atoms in total. The highest BCUT2D eigenvalue weighted by Gasteiger charge is 2.23. The number of nitrogens with zero attached hydrogens (tertiary/aromatic N) is 1. The van der Waals surface area contributed by atoms with Gasteiger partial charge in [-0.15, -0.1) is 0 Å². The van der Waals surface area contributed by atoms with Crippen LogP contribution >= 0.6 is 0 Å². The van der Waals surface area contributed by atoms with Crippen LogP contribution in [0, 0.1) is 12.7 Å². The molecular formula is C19H26FN3O2. The lowest BCUT2D eigenvalue weighted by Crippen LogP contribution is -2.47. The number of carbonyl (C=O) groups excluding carboxylic acids is 2. The lowest BCUT2D eigenvalue weighted by Gasteiger charge is -2.31. The summed E-state index contributed by atoms with van der Waals surface area (Å²) in [6.07, 6.45) is 3.84. The molecule has 25 heavy (non-hydrogen) atoms. The van der Waals surface area contributed by atoms with Gasteiger partial charge in [0.1, 0.15) is 5.82 Å². The van der Waals surface area contributed by atoms with E-state index in [4.69, 9.17) is 0 Å². The second-order valence-electron chi connectivity index (χ2n) is 6.74. The number of piperidine rings is 1. The Hall–Kier alpha value is -2.21. The molecule has 0 unspecified atom stereocenters. The van der Waals surface area contributed by atoms with E-state index >= 15 is 0 Å². The van der Waals surface area contributed by atoms with Gasteiger partial charge >= 0.3 is 11.8 Å². The van der Waals surface area contributed by atoms with E-state index in [2.05, 4.69) is 35.5 Å². The van der Waals surface area contributed by atoms with Crippen molar-refractivity contribution < 1.29 is 14.0 Å². The molecule has 0 spiro atoms. The van der Waals surface area contributed by atoms with Crippen LogP contribution < -0.4 is 10.6 Å². The third-order valence-electron chi connectivity index (χ3n) is 4.32. The number of halogens is 1. The van der Waals surface area contributed by atoms with Gasteiger partial charge in [0.15, 0.2) is 0 Å². The van der Waals surface area contributed by atoms with E-state index in [-0.39, 0.29) is 11.9 Å². The fourth-order valence-electron chi connectivity index (χ4n) is 2.77. The maximum atomic E-state index is 13.1. The zero-order valence-corrected chi connectivity index (χ0v) is 15.1. The Labute approximate surface area is 148 Å². The van der Waals surface area contributed by atoms with Crippen molar-refractivity contribution in [2.24, 2.45) is 0 Å². The lowest BCUT2D eigenvalue weighted by atomic mass is 10.0. The number of aryl methyl sites for hydroxylation is 1. The maximum Gasteiger partial charge on any atom is 0.313 e. The molecule has 6 heteroatoms. The van der Waals surface area contributed by atoms with Gasteiger partial charge in [0.05, 0.1) is 0 Å². The molecule has 1 saturated heterocycles. The minimum absolute atomic E-state index is 0.00974. The number of amides is 2. The number of nitrogens with one attached hydrogen (secondary N) is 2. The Morgan fingerprint density at radius 2 is 1.92 bits per heavy atom. The molecule has 2 N–H and O–H groups in total. The van der Waals surface area contributed by atoms with E-state index in [1.165, 1.54) is 23.8 Å². The number of carbonyl (C=O) groups is 2. The number of hydrogen-bond acceptors (Lipinski definition) is 3. The SMILES string of the molecule is CC(C)=CCN1CCC(NC(=O)C(=O)Nc2ccc(F)cc2C)CC1. The summed E-state index contributed by atoms with van der Waals surface area (Å²) in [6, 6.07) is 4.03. The summed E-state index contributed by atoms with van der Waals surface area (Å²) in [5.41, 5.74) is 2.31. The van der Waals surface area contributed by atoms with Crippen LogP contribution in [-0.2, 0) is 9.59 Å². The molecule has 1 aliphatic rings. The van der Waals surface area contributed by atoms with Crippen LogP contribution in [0.15, 0.2) is 29.8 Å². The molecule has 136 valence electrons. The zero-order valence-electron chi connectivity index (χ0n) is 15.1. The summed E-state index contributed by atoms with van der Waals surface area (Å²) in [7, 11) is 0. The fraction of sp³-hybridized carbons (Fsp3) is 0.474. The smallest absolute Gasteiger partial charge is 0.313 e. The monoisotopic (exact) mass is 347 g/mol. The molecule has 2 rings (SSSR count). The van der Waals surface area contributed by atoms with Crippen molar-refractivity contribution in [2.75, 3.05) is 25.0 Å². The third kappa shape index (κ3) is 5.98. The standard InChI is InChI=1S/C19H26FN3O2/c1-13(2)6-9-23-10-7-16(8-11-23)21-18(24)19(25)22-17-5-4-15(20)12-14(17)3/h4-6,12,16H,7-11H2,1-3H3,(H,21,24)(H,22,25). The van der Waals surface area contributed by atoms with E-state index in [9.17, 15) is 14.0 Å². The van der Waals surface area contributed by atoms with Crippen molar-refractivity contribution in [3.8, 4) is 0 Å². The molecule has 0 aromatic heterocycles. The Morgan fingerprint density at radius 1 is 1.24 bits per heavy atom. The molecule has 0 saturated carbocycles. The van der Waals surface area contributed by atoms with Crippen molar-refractivity contribution in [1.29, 1.82) is 0 Å². The fourth-order valence-corrected chi connectivity index (χ4v) is 2.77. The van der Waals surface area contributed by atoms with Gasteiger partial charge in [0.25, 0.3) is 0 Å². The van der Waals surface area contributed by atoms with E-state index in [0.717, 1.165) is 32.5 Å². The van der Waals surface area contributed by atoms with Gasteiger partial charge in [-0.05, 0) is 57.4 Å². The zero-order chi connectivity index (χ0) is 18.4. The largest absolute Gasteiger partial charge is 0.345 e. The highest BCUT2D eigenvalue weighted by atomic mass is 19.1. The summed E-state index contributed by atoms with van der Waals surface area (Å²) in [5.74, 6) is -1.74. The van der Waals surface area contributed by atoms with E-state index < -0.39 is 11.8 Å². The van der Waals surface area contributed by atoms with Gasteiger partial charge in [-0.25, -0.2) is 4.39 Å². The van der Waals surface area contributed by atoms with Crippen molar-refractivity contribution in [3.63, 3.8) is 0 Å². The first-order chi connectivity index (χ1) is 11.8. The molecule has 1 fully saturated rings. The summed E-state index contributed by atoms with van der Waals surface area (Å²) < 4.78 is 13.1. The predicted octanol–water partition coefficient (Wildman–Crippen LogP) is 2.62. The predicted molar refractivity (Wildman–Crippen MR) is 96.8 cm³/mol. The topological polar surface area (TPSA) is 61.4 Å². The molecule has 1 aliphatic heterocycles. The highest BCUT2D eigenvalue weighted by Crippen LogP contribution is 2.16. The van der Waals surface area contributed by atoms with Crippen LogP contribution in [0.1, 0.15) is 32.3 Å². The first-order valence-electron chi connectivity index (χ1n) is 8.59. The molecule has 2 amide bonds. The van der Waals surface area contributed by atoms with Crippen LogP contribution in [0.5, 0.6) is 0 Å². The van der Waals surface area contributed by atoms with Gasteiger partial charge < -0.3 is 10.6 Å². The average molecular weight is 347 g/mol. The third-order valence-corrected chi connectivity index (χ3v) is 4.32. The second kappa shape index (κ2) is 8.76. The molecule has 0 atom stereocenters. The van der Waals surface area contributed by atoms with Gasteiger partial charge in [-0.1, -0.05) is 11.6 Å². The minimum atomic E-state index is -0.721. The molecule has 1 aromatic carbocycles. The molecule has 1 heterocycles. The van der Waals surface area contributed by atoms with Crippen LogP contribution in [0.25, 0.3) is 0 Å². The number of allylic oxidation sites excluding steroid dienone is 1. The molecular weight excluding hydrogens is 321 g/mol. The van der Waals surface area contributed by atoms with E-state index in [1.54, 1.807) is 6.92 Å². The summed E-state index contributed by atoms with van der Waals surface area (Å²) in [6.45, 7) is 8.55. The minimum Gasteiger partial charge on any atom is -0.345 e.